The molecule has 152 valence electrons. The van der Waals surface area contributed by atoms with Crippen LogP contribution in [0.4, 0.5) is 5.69 Å². The van der Waals surface area contributed by atoms with Crippen LogP contribution in [0.1, 0.15) is 12.8 Å². The van der Waals surface area contributed by atoms with E-state index >= 15 is 0 Å². The molecule has 30 heavy (non-hydrogen) atoms. The molecular formula is C23H22N4O3. The Morgan fingerprint density at radius 1 is 1.00 bits per heavy atom. The number of nitrogens with zero attached hydrogens (tertiary/aromatic N) is 3. The van der Waals surface area contributed by atoms with E-state index in [1.165, 1.54) is 0 Å². The number of pyridine rings is 1. The molecule has 0 saturated carbocycles. The zero-order chi connectivity index (χ0) is 20.8. The lowest BCUT2D eigenvalue weighted by atomic mass is 10.2. The third kappa shape index (κ3) is 4.57. The summed E-state index contributed by atoms with van der Waals surface area (Å²) >= 11 is 0. The first kappa shape index (κ1) is 19.4. The van der Waals surface area contributed by atoms with Crippen molar-refractivity contribution >= 4 is 17.2 Å². The Balaban J connectivity index is 1.31. The quantitative estimate of drug-likeness (QED) is 0.447. The van der Waals surface area contributed by atoms with Gasteiger partial charge in [-0.3, -0.25) is 9.20 Å². The number of fused-ring (bicyclic) bond motifs is 1. The Hall–Kier alpha value is -3.87. The highest BCUT2D eigenvalue weighted by molar-refractivity contribution is 5.91. The van der Waals surface area contributed by atoms with Gasteiger partial charge in [-0.25, -0.2) is 0 Å². The molecule has 0 aliphatic carbocycles. The van der Waals surface area contributed by atoms with Crippen molar-refractivity contribution in [3.05, 3.63) is 72.9 Å². The van der Waals surface area contributed by atoms with Crippen LogP contribution in [0.5, 0.6) is 11.5 Å². The molecule has 0 unspecified atom stereocenters. The van der Waals surface area contributed by atoms with Crippen molar-refractivity contribution in [3.63, 3.8) is 0 Å². The summed E-state index contributed by atoms with van der Waals surface area (Å²) < 4.78 is 12.7. The van der Waals surface area contributed by atoms with Crippen LogP contribution in [0.3, 0.4) is 0 Å². The lowest BCUT2D eigenvalue weighted by Gasteiger charge is -2.08. The normalized spacial score (nSPS) is 10.7. The molecule has 0 aliphatic rings. The molecule has 4 rings (SSSR count). The molecule has 0 bridgehead atoms. The predicted molar refractivity (Wildman–Crippen MR) is 115 cm³/mol. The summed E-state index contributed by atoms with van der Waals surface area (Å²) in [6.45, 7) is 0.464. The van der Waals surface area contributed by atoms with Crippen LogP contribution in [0, 0.1) is 0 Å². The summed E-state index contributed by atoms with van der Waals surface area (Å²) in [5.41, 5.74) is 2.38. The second-order valence-electron chi connectivity index (χ2n) is 6.71. The zero-order valence-corrected chi connectivity index (χ0v) is 16.6. The zero-order valence-electron chi connectivity index (χ0n) is 16.6. The highest BCUT2D eigenvalue weighted by Crippen LogP contribution is 2.22. The van der Waals surface area contributed by atoms with Gasteiger partial charge in [0.15, 0.2) is 11.5 Å². The average Bonchev–Trinajstić information content (AvgIpc) is 3.21. The highest BCUT2D eigenvalue weighted by atomic mass is 16.5. The van der Waals surface area contributed by atoms with E-state index in [-0.39, 0.29) is 5.91 Å². The Labute approximate surface area is 174 Å². The van der Waals surface area contributed by atoms with E-state index in [1.807, 2.05) is 77.3 Å². The summed E-state index contributed by atoms with van der Waals surface area (Å²) in [4.78, 5) is 12.3. The number of hydrogen-bond donors (Lipinski definition) is 1. The number of nitrogens with one attached hydrogen (secondary N) is 1. The minimum Gasteiger partial charge on any atom is -0.497 e. The minimum absolute atomic E-state index is 0.0587. The SMILES string of the molecule is COc1ccc(OCCCC(=O)Nc2cccc(-c3nnc4ccccn34)c2)cc1. The predicted octanol–water partition coefficient (Wildman–Crippen LogP) is 4.20. The number of aromatic nitrogens is 3. The Bertz CT molecular complexity index is 1140. The number of carbonyl (C=O) groups is 1. The average molecular weight is 402 g/mol. The van der Waals surface area contributed by atoms with Gasteiger partial charge in [0.05, 0.1) is 13.7 Å². The maximum absolute atomic E-state index is 12.3. The van der Waals surface area contributed by atoms with Crippen LogP contribution in [0.2, 0.25) is 0 Å². The fourth-order valence-electron chi connectivity index (χ4n) is 3.09. The molecule has 7 nitrogen and oxygen atoms in total. The second kappa shape index (κ2) is 9.09. The van der Waals surface area contributed by atoms with Crippen LogP contribution in [-0.2, 0) is 4.79 Å². The fourth-order valence-corrected chi connectivity index (χ4v) is 3.09. The molecular weight excluding hydrogens is 380 g/mol. The van der Waals surface area contributed by atoms with Crippen molar-refractivity contribution in [1.82, 2.24) is 14.6 Å². The van der Waals surface area contributed by atoms with Crippen LogP contribution in [-0.4, -0.2) is 34.2 Å². The van der Waals surface area contributed by atoms with Gasteiger partial charge < -0.3 is 14.8 Å². The van der Waals surface area contributed by atoms with Gasteiger partial charge in [0.1, 0.15) is 11.5 Å². The lowest BCUT2D eigenvalue weighted by molar-refractivity contribution is -0.116. The number of benzene rings is 2. The van der Waals surface area contributed by atoms with Crippen molar-refractivity contribution in [3.8, 4) is 22.9 Å². The molecule has 0 fully saturated rings. The molecule has 4 aromatic rings. The third-order valence-electron chi connectivity index (χ3n) is 4.59. The standard InChI is InChI=1S/C23H22N4O3/c1-29-19-10-12-20(13-11-19)30-15-5-9-22(28)24-18-7-4-6-17(16-18)23-26-25-21-8-2-3-14-27(21)23/h2-4,6-8,10-14,16H,5,9,15H2,1H3,(H,24,28). The van der Waals surface area contributed by atoms with Gasteiger partial charge in [-0.1, -0.05) is 18.2 Å². The van der Waals surface area contributed by atoms with Gasteiger partial charge in [0.2, 0.25) is 5.91 Å². The summed E-state index contributed by atoms with van der Waals surface area (Å²) in [7, 11) is 1.62. The van der Waals surface area contributed by atoms with Crippen molar-refractivity contribution in [2.45, 2.75) is 12.8 Å². The van der Waals surface area contributed by atoms with Crippen molar-refractivity contribution in [1.29, 1.82) is 0 Å². The number of hydrogen-bond acceptors (Lipinski definition) is 5. The van der Waals surface area contributed by atoms with Gasteiger partial charge >= 0.3 is 0 Å². The topological polar surface area (TPSA) is 77.8 Å². The Morgan fingerprint density at radius 3 is 2.67 bits per heavy atom. The Morgan fingerprint density at radius 2 is 1.83 bits per heavy atom. The largest absolute Gasteiger partial charge is 0.497 e. The van der Waals surface area contributed by atoms with Crippen LogP contribution >= 0.6 is 0 Å². The van der Waals surface area contributed by atoms with Gasteiger partial charge in [0.25, 0.3) is 0 Å². The number of methoxy groups -OCH3 is 1. The summed E-state index contributed by atoms with van der Waals surface area (Å²) in [6.07, 6.45) is 2.90. The van der Waals surface area contributed by atoms with E-state index in [4.69, 9.17) is 9.47 Å². The molecule has 1 amide bonds. The van der Waals surface area contributed by atoms with Gasteiger partial charge in [-0.05, 0) is 55.0 Å². The van der Waals surface area contributed by atoms with Crippen molar-refractivity contribution in [2.75, 3.05) is 19.0 Å². The smallest absolute Gasteiger partial charge is 0.224 e. The van der Waals surface area contributed by atoms with Gasteiger partial charge in [0, 0.05) is 23.9 Å². The van der Waals surface area contributed by atoms with Crippen LogP contribution in [0.15, 0.2) is 72.9 Å². The number of carbonyl (C=O) groups excluding carboxylic acids is 1. The molecule has 0 radical (unpaired) electrons. The molecule has 2 aromatic carbocycles. The fraction of sp³-hybridized carbons (Fsp3) is 0.174. The van der Waals surface area contributed by atoms with E-state index in [1.54, 1.807) is 7.11 Å². The number of anilines is 1. The third-order valence-corrected chi connectivity index (χ3v) is 4.59. The van der Waals surface area contributed by atoms with Crippen molar-refractivity contribution in [2.24, 2.45) is 0 Å². The molecule has 2 heterocycles. The molecule has 1 N–H and O–H groups in total. The van der Waals surface area contributed by atoms with E-state index < -0.39 is 0 Å². The van der Waals surface area contributed by atoms with Crippen molar-refractivity contribution < 1.29 is 14.3 Å². The number of rotatable bonds is 8. The van der Waals surface area contributed by atoms with E-state index in [0.29, 0.717) is 19.4 Å². The summed E-state index contributed by atoms with van der Waals surface area (Å²) in [6, 6.07) is 20.7. The lowest BCUT2D eigenvalue weighted by Crippen LogP contribution is -2.12. The summed E-state index contributed by atoms with van der Waals surface area (Å²) in [5, 5.41) is 11.4. The molecule has 0 atom stereocenters. The highest BCUT2D eigenvalue weighted by Gasteiger charge is 2.09. The van der Waals surface area contributed by atoms with Crippen LogP contribution in [0.25, 0.3) is 17.0 Å². The maximum Gasteiger partial charge on any atom is 0.224 e. The van der Waals surface area contributed by atoms with E-state index in [9.17, 15) is 4.79 Å². The first-order valence-electron chi connectivity index (χ1n) is 9.70. The van der Waals surface area contributed by atoms with Gasteiger partial charge in [-0.15, -0.1) is 10.2 Å². The van der Waals surface area contributed by atoms with E-state index in [0.717, 1.165) is 34.2 Å². The summed E-state index contributed by atoms with van der Waals surface area (Å²) in [5.74, 6) is 2.21. The molecule has 0 spiro atoms. The Kier molecular flexibility index (Phi) is 5.89. The van der Waals surface area contributed by atoms with E-state index in [2.05, 4.69) is 15.5 Å². The number of ether oxygens (including phenoxy) is 2. The first-order valence-corrected chi connectivity index (χ1v) is 9.70. The van der Waals surface area contributed by atoms with Gasteiger partial charge in [-0.2, -0.15) is 0 Å². The molecule has 2 aromatic heterocycles. The first-order chi connectivity index (χ1) is 14.7. The van der Waals surface area contributed by atoms with Crippen LogP contribution < -0.4 is 14.8 Å². The monoisotopic (exact) mass is 402 g/mol. The minimum atomic E-state index is -0.0587. The molecule has 7 heteroatoms. The number of amides is 1. The molecule has 0 aliphatic heterocycles. The second-order valence-corrected chi connectivity index (χ2v) is 6.71. The maximum atomic E-state index is 12.3. The molecule has 0 saturated heterocycles.